The van der Waals surface area contributed by atoms with E-state index >= 15 is 0 Å². The maximum Gasteiger partial charge on any atom is 0.258 e. The summed E-state index contributed by atoms with van der Waals surface area (Å²) >= 11 is 0. The Labute approximate surface area is 138 Å². The number of aromatic amines is 1. The number of halogens is 1. The van der Waals surface area contributed by atoms with Crippen molar-refractivity contribution in [3.63, 3.8) is 0 Å². The van der Waals surface area contributed by atoms with Crippen molar-refractivity contribution in [1.29, 1.82) is 0 Å². The number of rotatable bonds is 2. The van der Waals surface area contributed by atoms with Crippen LogP contribution in [0.2, 0.25) is 0 Å². The molecule has 1 aliphatic heterocycles. The minimum atomic E-state index is -0.351. The molecule has 5 nitrogen and oxygen atoms in total. The highest BCUT2D eigenvalue weighted by atomic mass is 19.1. The lowest BCUT2D eigenvalue weighted by Gasteiger charge is -2.15. The Morgan fingerprint density at radius 1 is 1.21 bits per heavy atom. The zero-order chi connectivity index (χ0) is 16.7. The predicted molar refractivity (Wildman–Crippen MR) is 86.5 cm³/mol. The zero-order valence-electron chi connectivity index (χ0n) is 13.1. The minimum Gasteiger partial charge on any atom is -0.330 e. The van der Waals surface area contributed by atoms with Crippen molar-refractivity contribution >= 4 is 5.91 Å². The average molecular weight is 322 g/mol. The van der Waals surface area contributed by atoms with Gasteiger partial charge in [-0.1, -0.05) is 12.1 Å². The number of nitrogens with one attached hydrogen (secondary N) is 1. The molecule has 0 bridgehead atoms. The van der Waals surface area contributed by atoms with Crippen LogP contribution in [0.5, 0.6) is 0 Å². The fourth-order valence-corrected chi connectivity index (χ4v) is 3.03. The van der Waals surface area contributed by atoms with E-state index in [-0.39, 0.29) is 11.7 Å². The van der Waals surface area contributed by atoms with Crippen LogP contribution in [0.25, 0.3) is 11.3 Å². The first-order valence-corrected chi connectivity index (χ1v) is 7.65. The third-order valence-corrected chi connectivity index (χ3v) is 4.21. The number of pyridine rings is 1. The molecule has 0 fully saturated rings. The molecular formula is C18H15FN4O. The van der Waals surface area contributed by atoms with E-state index in [2.05, 4.69) is 15.2 Å². The van der Waals surface area contributed by atoms with Crippen LogP contribution in [0.4, 0.5) is 4.39 Å². The van der Waals surface area contributed by atoms with Crippen LogP contribution in [0.15, 0.2) is 42.7 Å². The average Bonchev–Trinajstić information content (AvgIpc) is 3.20. The number of fused-ring (bicyclic) bond motifs is 1. The number of benzene rings is 1. The number of nitrogens with zero attached hydrogens (tertiary/aromatic N) is 3. The van der Waals surface area contributed by atoms with Gasteiger partial charge in [0.2, 0.25) is 0 Å². The summed E-state index contributed by atoms with van der Waals surface area (Å²) < 4.78 is 13.5. The van der Waals surface area contributed by atoms with Gasteiger partial charge in [-0.05, 0) is 36.2 Å². The Morgan fingerprint density at radius 3 is 2.88 bits per heavy atom. The molecule has 0 saturated heterocycles. The van der Waals surface area contributed by atoms with Gasteiger partial charge in [-0.15, -0.1) is 0 Å². The van der Waals surface area contributed by atoms with Gasteiger partial charge in [0.1, 0.15) is 5.82 Å². The standard InChI is InChI=1S/C18H15FN4O/c1-11-5-13-9-23(10-14(13)7-20-11)18(24)16-8-21-22-17(16)12-3-2-4-15(19)6-12/h2-8H,9-10H2,1H3,(H,21,22). The van der Waals surface area contributed by atoms with Crippen LogP contribution in [0, 0.1) is 12.7 Å². The van der Waals surface area contributed by atoms with Gasteiger partial charge in [-0.3, -0.25) is 14.9 Å². The summed E-state index contributed by atoms with van der Waals surface area (Å²) in [5.74, 6) is -0.479. The maximum absolute atomic E-state index is 13.5. The van der Waals surface area contributed by atoms with Crippen molar-refractivity contribution < 1.29 is 9.18 Å². The monoisotopic (exact) mass is 322 g/mol. The number of H-pyrrole nitrogens is 1. The number of carbonyl (C=O) groups is 1. The van der Waals surface area contributed by atoms with Gasteiger partial charge >= 0.3 is 0 Å². The Morgan fingerprint density at radius 2 is 2.04 bits per heavy atom. The van der Waals surface area contributed by atoms with E-state index in [0.717, 1.165) is 16.8 Å². The molecule has 0 saturated carbocycles. The molecule has 120 valence electrons. The highest BCUT2D eigenvalue weighted by molar-refractivity contribution is 6.00. The van der Waals surface area contributed by atoms with E-state index in [1.165, 1.54) is 18.3 Å². The molecule has 24 heavy (non-hydrogen) atoms. The molecule has 0 spiro atoms. The third-order valence-electron chi connectivity index (χ3n) is 4.21. The van der Waals surface area contributed by atoms with Crippen LogP contribution in [0.3, 0.4) is 0 Å². The van der Waals surface area contributed by atoms with Crippen molar-refractivity contribution in [3.05, 3.63) is 70.9 Å². The van der Waals surface area contributed by atoms with Crippen LogP contribution >= 0.6 is 0 Å². The summed E-state index contributed by atoms with van der Waals surface area (Å²) in [6.45, 7) is 3.00. The summed E-state index contributed by atoms with van der Waals surface area (Å²) in [6.07, 6.45) is 3.32. The van der Waals surface area contributed by atoms with Crippen LogP contribution in [0.1, 0.15) is 27.2 Å². The lowest BCUT2D eigenvalue weighted by molar-refractivity contribution is 0.0752. The Kier molecular flexibility index (Phi) is 3.37. The largest absolute Gasteiger partial charge is 0.330 e. The summed E-state index contributed by atoms with van der Waals surface area (Å²) in [5.41, 5.74) is 4.69. The van der Waals surface area contributed by atoms with Crippen molar-refractivity contribution in [2.45, 2.75) is 20.0 Å². The molecule has 1 N–H and O–H groups in total. The maximum atomic E-state index is 13.5. The number of amides is 1. The zero-order valence-corrected chi connectivity index (χ0v) is 13.1. The topological polar surface area (TPSA) is 61.9 Å². The van der Waals surface area contributed by atoms with Crippen molar-refractivity contribution in [2.24, 2.45) is 0 Å². The number of hydrogen-bond donors (Lipinski definition) is 1. The lowest BCUT2D eigenvalue weighted by Crippen LogP contribution is -2.25. The smallest absolute Gasteiger partial charge is 0.258 e. The van der Waals surface area contributed by atoms with E-state index in [4.69, 9.17) is 0 Å². The Hall–Kier alpha value is -3.02. The second-order valence-corrected chi connectivity index (χ2v) is 5.92. The number of carbonyl (C=O) groups excluding carboxylic acids is 1. The van der Waals surface area contributed by atoms with Crippen molar-refractivity contribution in [2.75, 3.05) is 0 Å². The Bertz CT molecular complexity index is 934. The molecule has 6 heteroatoms. The predicted octanol–water partition coefficient (Wildman–Crippen LogP) is 3.08. The van der Waals surface area contributed by atoms with Gasteiger partial charge in [0.15, 0.2) is 0 Å². The first-order chi connectivity index (χ1) is 11.6. The van der Waals surface area contributed by atoms with Gasteiger partial charge in [0.05, 0.1) is 17.5 Å². The number of aromatic nitrogens is 3. The summed E-state index contributed by atoms with van der Waals surface area (Å²) in [7, 11) is 0. The van der Waals surface area contributed by atoms with E-state index in [0.29, 0.717) is 29.9 Å². The third kappa shape index (κ3) is 2.46. The molecular weight excluding hydrogens is 307 g/mol. The highest BCUT2D eigenvalue weighted by Crippen LogP contribution is 2.28. The SMILES string of the molecule is Cc1cc2c(cn1)CN(C(=O)c1cn[nH]c1-c1cccc(F)c1)C2. The van der Waals surface area contributed by atoms with Crippen LogP contribution in [-0.4, -0.2) is 26.0 Å². The fraction of sp³-hybridized carbons (Fsp3) is 0.167. The van der Waals surface area contributed by atoms with Crippen molar-refractivity contribution in [3.8, 4) is 11.3 Å². The molecule has 3 heterocycles. The van der Waals surface area contributed by atoms with E-state index in [9.17, 15) is 9.18 Å². The molecule has 1 amide bonds. The van der Waals surface area contributed by atoms with Gasteiger partial charge in [-0.25, -0.2) is 4.39 Å². The number of hydrogen-bond acceptors (Lipinski definition) is 3. The summed E-state index contributed by atoms with van der Waals surface area (Å²) in [4.78, 5) is 18.9. The molecule has 4 rings (SSSR count). The number of aryl methyl sites for hydroxylation is 1. The van der Waals surface area contributed by atoms with E-state index in [1.807, 2.05) is 19.2 Å². The molecule has 3 aromatic rings. The van der Waals surface area contributed by atoms with Crippen molar-refractivity contribution in [1.82, 2.24) is 20.1 Å². The Balaban J connectivity index is 1.64. The molecule has 1 aliphatic rings. The molecule has 0 radical (unpaired) electrons. The summed E-state index contributed by atoms with van der Waals surface area (Å²) in [5, 5.41) is 6.78. The van der Waals surface area contributed by atoms with E-state index < -0.39 is 0 Å². The first-order valence-electron chi connectivity index (χ1n) is 7.65. The lowest BCUT2D eigenvalue weighted by atomic mass is 10.1. The van der Waals surface area contributed by atoms with Gasteiger partial charge in [-0.2, -0.15) is 5.10 Å². The van der Waals surface area contributed by atoms with Gasteiger partial charge < -0.3 is 4.90 Å². The van der Waals surface area contributed by atoms with Crippen LogP contribution in [-0.2, 0) is 13.1 Å². The highest BCUT2D eigenvalue weighted by Gasteiger charge is 2.27. The first kappa shape index (κ1) is 14.6. The second kappa shape index (κ2) is 5.56. The van der Waals surface area contributed by atoms with Crippen LogP contribution < -0.4 is 0 Å². The summed E-state index contributed by atoms with van der Waals surface area (Å²) in [6, 6.07) is 8.12. The molecule has 0 unspecified atom stereocenters. The molecule has 2 aromatic heterocycles. The normalized spacial score (nSPS) is 13.2. The quantitative estimate of drug-likeness (QED) is 0.789. The molecule has 0 atom stereocenters. The minimum absolute atomic E-state index is 0.128. The molecule has 0 aliphatic carbocycles. The molecule has 1 aromatic carbocycles. The second-order valence-electron chi connectivity index (χ2n) is 5.92. The van der Waals surface area contributed by atoms with Gasteiger partial charge in [0.25, 0.3) is 5.91 Å². The van der Waals surface area contributed by atoms with E-state index in [1.54, 1.807) is 17.0 Å². The fourth-order valence-electron chi connectivity index (χ4n) is 3.03. The van der Waals surface area contributed by atoms with Gasteiger partial charge in [0, 0.05) is 30.5 Å².